The van der Waals surface area contributed by atoms with E-state index in [0.29, 0.717) is 0 Å². The molecular weight excluding hydrogens is 862 g/mol. The van der Waals surface area contributed by atoms with Gasteiger partial charge in [-0.15, -0.1) is 0 Å². The first-order valence-corrected chi connectivity index (χ1v) is 30.5. The molecule has 6 aromatic rings. The van der Waals surface area contributed by atoms with Crippen LogP contribution in [0.2, 0.25) is 19.6 Å². The first-order chi connectivity index (χ1) is 32.7. The van der Waals surface area contributed by atoms with Crippen LogP contribution in [0.3, 0.4) is 0 Å². The first kappa shape index (κ1) is 46.1. The van der Waals surface area contributed by atoms with Crippen LogP contribution in [0.15, 0.2) is 109 Å². The standard InChI is InChI=1S/C65H78BN3Si/c1-59(2,3)42-23-21-24-45(34-42)67-54-36-44(61(7,8)9)26-28-51(54)66-52-40-47(70(14,15)16)39-50-58(52)69(64(12)32-20-19-31-62(50,64)10)56-38-46(37-55(67)57(56)66)68-53-29-27-43(60(4,5)6)35-49(53)63(11)33-30-41-22-17-18-25-48(41)65(63,68)13/h17-18,21-29,34-40H,19-20,30-33H2,1-16H3. The highest BCUT2D eigenvalue weighted by atomic mass is 28.3. The molecule has 5 heteroatoms. The molecule has 2 aliphatic carbocycles. The molecule has 0 aromatic heterocycles. The van der Waals surface area contributed by atoms with Crippen molar-refractivity contribution in [3.05, 3.63) is 148 Å². The zero-order valence-corrected chi connectivity index (χ0v) is 46.6. The van der Waals surface area contributed by atoms with Gasteiger partial charge in [0.25, 0.3) is 6.71 Å². The molecule has 0 spiro atoms. The van der Waals surface area contributed by atoms with Gasteiger partial charge in [-0.25, -0.2) is 0 Å². The summed E-state index contributed by atoms with van der Waals surface area (Å²) in [5.74, 6) is 0. The smallest absolute Gasteiger partial charge is 0.252 e. The van der Waals surface area contributed by atoms with Gasteiger partial charge in [0.2, 0.25) is 0 Å². The highest BCUT2D eigenvalue weighted by Crippen LogP contribution is 2.66. The Kier molecular flexibility index (Phi) is 9.46. The predicted molar refractivity (Wildman–Crippen MR) is 306 cm³/mol. The molecule has 0 saturated heterocycles. The highest BCUT2D eigenvalue weighted by molar-refractivity contribution is 7.01. The maximum atomic E-state index is 2.97. The molecule has 360 valence electrons. The lowest BCUT2D eigenvalue weighted by Gasteiger charge is -2.54. The Morgan fingerprint density at radius 2 is 1.16 bits per heavy atom. The van der Waals surface area contributed by atoms with Crippen LogP contribution in [0.25, 0.3) is 0 Å². The lowest BCUT2D eigenvalue weighted by atomic mass is 9.33. The summed E-state index contributed by atoms with van der Waals surface area (Å²) >= 11 is 0. The van der Waals surface area contributed by atoms with Gasteiger partial charge in [0.15, 0.2) is 0 Å². The summed E-state index contributed by atoms with van der Waals surface area (Å²) in [6, 6.07) is 45.0. The van der Waals surface area contributed by atoms with E-state index in [0.717, 1.165) is 12.8 Å². The zero-order chi connectivity index (χ0) is 49.7. The Bertz CT molecular complexity index is 3210. The van der Waals surface area contributed by atoms with Gasteiger partial charge in [-0.3, -0.25) is 0 Å². The van der Waals surface area contributed by atoms with Gasteiger partial charge in [0, 0.05) is 50.6 Å². The third-order valence-electron chi connectivity index (χ3n) is 19.6. The number of hydrogen-bond acceptors (Lipinski definition) is 3. The summed E-state index contributed by atoms with van der Waals surface area (Å²) in [5, 5.41) is 1.60. The van der Waals surface area contributed by atoms with Crippen LogP contribution in [-0.4, -0.2) is 20.3 Å². The van der Waals surface area contributed by atoms with Crippen molar-refractivity contribution < 1.29 is 0 Å². The summed E-state index contributed by atoms with van der Waals surface area (Å²) < 4.78 is 0. The van der Waals surface area contributed by atoms with Crippen molar-refractivity contribution in [1.29, 1.82) is 0 Å². The van der Waals surface area contributed by atoms with Gasteiger partial charge in [-0.1, -0.05) is 187 Å². The fourth-order valence-corrected chi connectivity index (χ4v) is 16.1. The van der Waals surface area contributed by atoms with Crippen molar-refractivity contribution in [3.8, 4) is 0 Å². The summed E-state index contributed by atoms with van der Waals surface area (Å²) in [6.07, 6.45) is 7.12. The maximum Gasteiger partial charge on any atom is 0.252 e. The van der Waals surface area contributed by atoms with Crippen molar-refractivity contribution in [2.75, 3.05) is 14.7 Å². The highest BCUT2D eigenvalue weighted by Gasteiger charge is 2.63. The Morgan fingerprint density at radius 3 is 1.87 bits per heavy atom. The van der Waals surface area contributed by atoms with Crippen LogP contribution < -0.4 is 36.3 Å². The van der Waals surface area contributed by atoms with Gasteiger partial charge >= 0.3 is 0 Å². The van der Waals surface area contributed by atoms with Crippen molar-refractivity contribution >= 4 is 76.2 Å². The summed E-state index contributed by atoms with van der Waals surface area (Å²) in [6.45, 7) is 39.7. The van der Waals surface area contributed by atoms with Gasteiger partial charge < -0.3 is 14.7 Å². The molecule has 0 radical (unpaired) electrons. The Labute approximate surface area is 423 Å². The Balaban J connectivity index is 1.25. The summed E-state index contributed by atoms with van der Waals surface area (Å²) in [7, 11) is -1.75. The molecule has 4 heterocycles. The fraction of sp³-hybridized carbons (Fsp3) is 0.446. The average molecular weight is 940 g/mol. The summed E-state index contributed by atoms with van der Waals surface area (Å²) in [4.78, 5) is 8.55. The van der Waals surface area contributed by atoms with Crippen LogP contribution in [0.5, 0.6) is 0 Å². The van der Waals surface area contributed by atoms with Crippen LogP contribution >= 0.6 is 0 Å². The molecular formula is C65H78BN3Si. The SMILES string of the molecule is CC(C)(C)c1cccc(N2c3cc(C(C)(C)C)ccc3B3c4cc([Si](C)(C)C)cc5c4N(c4cc(N6c7ccc(C(C)(C)C)cc7C7(C)CCc8ccccc8C67C)cc2c43)C2(C)CCCCC52C)c1. The lowest BCUT2D eigenvalue weighted by Crippen LogP contribution is -2.65. The Hall–Kier alpha value is -5.00. The number of benzene rings is 6. The number of aryl methyl sites for hydroxylation is 1. The molecule has 6 aromatic carbocycles. The monoisotopic (exact) mass is 940 g/mol. The topological polar surface area (TPSA) is 9.72 Å². The molecule has 6 aliphatic rings. The number of rotatable bonds is 3. The zero-order valence-electron chi connectivity index (χ0n) is 45.6. The number of fused-ring (bicyclic) bond motifs is 12. The van der Waals surface area contributed by atoms with Crippen molar-refractivity contribution in [2.24, 2.45) is 0 Å². The second-order valence-electron chi connectivity index (χ2n) is 27.7. The maximum absolute atomic E-state index is 2.97. The molecule has 0 amide bonds. The molecule has 12 rings (SSSR count). The van der Waals surface area contributed by atoms with E-state index in [1.165, 1.54) is 115 Å². The second-order valence-corrected chi connectivity index (χ2v) is 32.8. The van der Waals surface area contributed by atoms with Crippen molar-refractivity contribution in [2.45, 2.75) is 186 Å². The third-order valence-corrected chi connectivity index (χ3v) is 21.7. The molecule has 4 aliphatic heterocycles. The quantitative estimate of drug-likeness (QED) is 0.163. The molecule has 4 unspecified atom stereocenters. The average Bonchev–Trinajstić information content (AvgIpc) is 3.64. The predicted octanol–water partition coefficient (Wildman–Crippen LogP) is 14.8. The van der Waals surface area contributed by atoms with Gasteiger partial charge in [-0.2, -0.15) is 0 Å². The van der Waals surface area contributed by atoms with E-state index in [1.807, 2.05) is 0 Å². The number of anilines is 7. The lowest BCUT2D eigenvalue weighted by molar-refractivity contribution is 0.195. The van der Waals surface area contributed by atoms with Crippen LogP contribution in [-0.2, 0) is 39.0 Å². The van der Waals surface area contributed by atoms with Gasteiger partial charge in [-0.05, 0) is 148 Å². The molecule has 0 N–H and O–H groups in total. The molecule has 1 saturated carbocycles. The summed E-state index contributed by atoms with van der Waals surface area (Å²) in [5.41, 5.74) is 23.6. The van der Waals surface area contributed by atoms with Crippen molar-refractivity contribution in [1.82, 2.24) is 0 Å². The number of hydrogen-bond donors (Lipinski definition) is 0. The van der Waals surface area contributed by atoms with E-state index in [4.69, 9.17) is 0 Å². The van der Waals surface area contributed by atoms with E-state index in [2.05, 4.69) is 234 Å². The minimum atomic E-state index is -1.75. The van der Waals surface area contributed by atoms with Gasteiger partial charge in [0.05, 0.1) is 19.2 Å². The van der Waals surface area contributed by atoms with Crippen LogP contribution in [0.4, 0.5) is 39.8 Å². The largest absolute Gasteiger partial charge is 0.335 e. The van der Waals surface area contributed by atoms with Crippen LogP contribution in [0, 0.1) is 0 Å². The van der Waals surface area contributed by atoms with Gasteiger partial charge in [0.1, 0.15) is 0 Å². The fourth-order valence-electron chi connectivity index (χ4n) is 14.9. The third kappa shape index (κ3) is 5.99. The normalized spacial score (nSPS) is 25.2. The molecule has 4 atom stereocenters. The minimum Gasteiger partial charge on any atom is -0.335 e. The van der Waals surface area contributed by atoms with Crippen LogP contribution in [0.1, 0.15) is 161 Å². The molecule has 70 heavy (non-hydrogen) atoms. The molecule has 0 bridgehead atoms. The van der Waals surface area contributed by atoms with E-state index in [9.17, 15) is 0 Å². The molecule has 1 fully saturated rings. The van der Waals surface area contributed by atoms with E-state index in [1.54, 1.807) is 10.8 Å². The van der Waals surface area contributed by atoms with Crippen molar-refractivity contribution in [3.63, 3.8) is 0 Å². The number of nitrogens with zero attached hydrogens (tertiary/aromatic N) is 3. The van der Waals surface area contributed by atoms with E-state index >= 15 is 0 Å². The second kappa shape index (κ2) is 14.4. The Morgan fingerprint density at radius 1 is 0.500 bits per heavy atom. The minimum absolute atomic E-state index is 0.0114. The first-order valence-electron chi connectivity index (χ1n) is 27.0. The molecule has 3 nitrogen and oxygen atoms in total. The van der Waals surface area contributed by atoms with E-state index in [-0.39, 0.29) is 44.9 Å². The van der Waals surface area contributed by atoms with E-state index < -0.39 is 8.07 Å².